The third-order valence-corrected chi connectivity index (χ3v) is 3.99. The highest BCUT2D eigenvalue weighted by atomic mass is 16.3. The van der Waals surface area contributed by atoms with E-state index < -0.39 is 0 Å². The molecule has 1 heterocycles. The number of nitrogens with zero attached hydrogens (tertiary/aromatic N) is 1. The average Bonchev–Trinajstić information content (AvgIpc) is 2.85. The van der Waals surface area contributed by atoms with Crippen LogP contribution in [0.1, 0.15) is 22.3 Å². The Balaban J connectivity index is 2.06. The van der Waals surface area contributed by atoms with E-state index >= 15 is 0 Å². The smallest absolute Gasteiger partial charge is 0.0682 e. The molecule has 3 rings (SSSR count). The molecule has 0 aliphatic rings. The van der Waals surface area contributed by atoms with Crippen molar-refractivity contribution in [3.8, 4) is 0 Å². The standard InChI is InChI=1S/C18H19NO/c1-13-4-3-5-14(2)17(13)11-19-9-8-16-7-6-15(12-20)10-18(16)19/h3-10,20H,11-12H2,1-2H3. The molecule has 0 spiro atoms. The number of rotatable bonds is 3. The van der Waals surface area contributed by atoms with Gasteiger partial charge < -0.3 is 9.67 Å². The fourth-order valence-corrected chi connectivity index (χ4v) is 2.73. The summed E-state index contributed by atoms with van der Waals surface area (Å²) in [6, 6.07) is 14.7. The van der Waals surface area contributed by atoms with Gasteiger partial charge in [-0.05, 0) is 53.6 Å². The van der Waals surface area contributed by atoms with Crippen LogP contribution in [0.2, 0.25) is 0 Å². The highest BCUT2D eigenvalue weighted by Gasteiger charge is 2.06. The van der Waals surface area contributed by atoms with E-state index in [4.69, 9.17) is 0 Å². The molecule has 102 valence electrons. The molecule has 0 unspecified atom stereocenters. The van der Waals surface area contributed by atoms with Gasteiger partial charge in [0.15, 0.2) is 0 Å². The Hall–Kier alpha value is -2.06. The van der Waals surface area contributed by atoms with Crippen molar-refractivity contribution in [1.82, 2.24) is 4.57 Å². The minimum Gasteiger partial charge on any atom is -0.392 e. The first kappa shape index (κ1) is 12.9. The van der Waals surface area contributed by atoms with Crippen LogP contribution in [0.15, 0.2) is 48.7 Å². The molecule has 0 atom stereocenters. The molecule has 0 radical (unpaired) electrons. The van der Waals surface area contributed by atoms with Crippen LogP contribution in [0.5, 0.6) is 0 Å². The molecule has 20 heavy (non-hydrogen) atoms. The minimum atomic E-state index is 0.0878. The Kier molecular flexibility index (Phi) is 3.33. The lowest BCUT2D eigenvalue weighted by Crippen LogP contribution is -2.02. The van der Waals surface area contributed by atoms with E-state index in [9.17, 15) is 5.11 Å². The largest absolute Gasteiger partial charge is 0.392 e. The molecule has 2 heteroatoms. The van der Waals surface area contributed by atoms with Gasteiger partial charge in [0.2, 0.25) is 0 Å². The maximum absolute atomic E-state index is 9.29. The number of aliphatic hydroxyl groups excluding tert-OH is 1. The fourth-order valence-electron chi connectivity index (χ4n) is 2.73. The van der Waals surface area contributed by atoms with E-state index in [-0.39, 0.29) is 6.61 Å². The van der Waals surface area contributed by atoms with Gasteiger partial charge >= 0.3 is 0 Å². The molecule has 0 bridgehead atoms. The lowest BCUT2D eigenvalue weighted by atomic mass is 10.0. The van der Waals surface area contributed by atoms with Gasteiger partial charge in [0.25, 0.3) is 0 Å². The summed E-state index contributed by atoms with van der Waals surface area (Å²) in [5.74, 6) is 0. The molecule has 2 nitrogen and oxygen atoms in total. The van der Waals surface area contributed by atoms with Gasteiger partial charge in [-0.2, -0.15) is 0 Å². The molecule has 0 fully saturated rings. The number of hydrogen-bond acceptors (Lipinski definition) is 1. The van der Waals surface area contributed by atoms with Crippen LogP contribution in [0.4, 0.5) is 0 Å². The molecule has 0 saturated heterocycles. The number of hydrogen-bond donors (Lipinski definition) is 1. The summed E-state index contributed by atoms with van der Waals surface area (Å²) in [6.45, 7) is 5.28. The van der Waals surface area contributed by atoms with E-state index in [1.165, 1.54) is 27.6 Å². The van der Waals surface area contributed by atoms with Gasteiger partial charge in [0.1, 0.15) is 0 Å². The van der Waals surface area contributed by atoms with Gasteiger partial charge in [-0.3, -0.25) is 0 Å². The van der Waals surface area contributed by atoms with Crippen molar-refractivity contribution in [2.75, 3.05) is 0 Å². The first-order chi connectivity index (χ1) is 9.69. The second-order valence-electron chi connectivity index (χ2n) is 5.37. The van der Waals surface area contributed by atoms with E-state index in [1.54, 1.807) is 0 Å². The monoisotopic (exact) mass is 265 g/mol. The van der Waals surface area contributed by atoms with E-state index in [0.717, 1.165) is 12.1 Å². The van der Waals surface area contributed by atoms with Crippen molar-refractivity contribution in [3.63, 3.8) is 0 Å². The zero-order valence-electron chi connectivity index (χ0n) is 11.9. The highest BCUT2D eigenvalue weighted by molar-refractivity contribution is 5.81. The van der Waals surface area contributed by atoms with Gasteiger partial charge in [0, 0.05) is 18.3 Å². The molecular formula is C18H19NO. The summed E-state index contributed by atoms with van der Waals surface area (Å²) in [7, 11) is 0. The molecule has 1 aromatic heterocycles. The SMILES string of the molecule is Cc1cccc(C)c1Cn1ccc2ccc(CO)cc21. The first-order valence-electron chi connectivity index (χ1n) is 6.93. The predicted octanol–water partition coefficient (Wildman–Crippen LogP) is 3.80. The molecule has 2 aromatic carbocycles. The zero-order chi connectivity index (χ0) is 14.1. The summed E-state index contributed by atoms with van der Waals surface area (Å²) in [4.78, 5) is 0. The molecular weight excluding hydrogens is 246 g/mol. The van der Waals surface area contributed by atoms with Crippen LogP contribution >= 0.6 is 0 Å². The van der Waals surface area contributed by atoms with Gasteiger partial charge in [-0.25, -0.2) is 0 Å². The van der Waals surface area contributed by atoms with Crippen molar-refractivity contribution in [1.29, 1.82) is 0 Å². The Morgan fingerprint density at radius 3 is 2.45 bits per heavy atom. The van der Waals surface area contributed by atoms with Crippen molar-refractivity contribution >= 4 is 10.9 Å². The van der Waals surface area contributed by atoms with Crippen LogP contribution in [-0.2, 0) is 13.2 Å². The average molecular weight is 265 g/mol. The van der Waals surface area contributed by atoms with Crippen LogP contribution in [0.3, 0.4) is 0 Å². The number of fused-ring (bicyclic) bond motifs is 1. The lowest BCUT2D eigenvalue weighted by molar-refractivity contribution is 0.282. The maximum Gasteiger partial charge on any atom is 0.0682 e. The summed E-state index contributed by atoms with van der Waals surface area (Å²) < 4.78 is 2.25. The number of benzene rings is 2. The summed E-state index contributed by atoms with van der Waals surface area (Å²) >= 11 is 0. The van der Waals surface area contributed by atoms with Crippen LogP contribution in [0, 0.1) is 13.8 Å². The Morgan fingerprint density at radius 2 is 1.75 bits per heavy atom. The van der Waals surface area contributed by atoms with Crippen molar-refractivity contribution in [2.24, 2.45) is 0 Å². The minimum absolute atomic E-state index is 0.0878. The molecule has 0 amide bonds. The zero-order valence-corrected chi connectivity index (χ0v) is 11.9. The van der Waals surface area contributed by atoms with E-state index in [0.29, 0.717) is 0 Å². The van der Waals surface area contributed by atoms with Crippen LogP contribution < -0.4 is 0 Å². The summed E-state index contributed by atoms with van der Waals surface area (Å²) in [6.07, 6.45) is 2.12. The van der Waals surface area contributed by atoms with Crippen molar-refractivity contribution < 1.29 is 5.11 Å². The molecule has 3 aromatic rings. The Bertz CT molecular complexity index is 735. The Morgan fingerprint density at radius 1 is 1.00 bits per heavy atom. The van der Waals surface area contributed by atoms with Crippen molar-refractivity contribution in [2.45, 2.75) is 27.0 Å². The molecule has 0 saturated carbocycles. The summed E-state index contributed by atoms with van der Waals surface area (Å²) in [5.41, 5.74) is 6.16. The number of aryl methyl sites for hydroxylation is 2. The van der Waals surface area contributed by atoms with Crippen LogP contribution in [-0.4, -0.2) is 9.67 Å². The van der Waals surface area contributed by atoms with Gasteiger partial charge in [-0.15, -0.1) is 0 Å². The van der Waals surface area contributed by atoms with Crippen molar-refractivity contribution in [3.05, 3.63) is 70.9 Å². The topological polar surface area (TPSA) is 25.2 Å². The lowest BCUT2D eigenvalue weighted by Gasteiger charge is -2.12. The fraction of sp³-hybridized carbons (Fsp3) is 0.222. The van der Waals surface area contributed by atoms with Crippen LogP contribution in [0.25, 0.3) is 10.9 Å². The molecule has 0 aliphatic carbocycles. The third-order valence-electron chi connectivity index (χ3n) is 3.99. The number of aromatic nitrogens is 1. The Labute approximate surface area is 119 Å². The molecule has 0 aliphatic heterocycles. The summed E-state index contributed by atoms with van der Waals surface area (Å²) in [5, 5.41) is 10.5. The highest BCUT2D eigenvalue weighted by Crippen LogP contribution is 2.21. The van der Waals surface area contributed by atoms with E-state index in [1.807, 2.05) is 6.07 Å². The first-order valence-corrected chi connectivity index (χ1v) is 6.93. The number of aliphatic hydroxyl groups is 1. The third kappa shape index (κ3) is 2.23. The second kappa shape index (κ2) is 5.14. The maximum atomic E-state index is 9.29. The van der Waals surface area contributed by atoms with Gasteiger partial charge in [0.05, 0.1) is 6.61 Å². The second-order valence-corrected chi connectivity index (χ2v) is 5.37. The quantitative estimate of drug-likeness (QED) is 0.765. The predicted molar refractivity (Wildman–Crippen MR) is 82.9 cm³/mol. The van der Waals surface area contributed by atoms with E-state index in [2.05, 4.69) is 61.0 Å². The van der Waals surface area contributed by atoms with Gasteiger partial charge in [-0.1, -0.05) is 30.3 Å². The normalized spacial score (nSPS) is 11.2. The molecule has 1 N–H and O–H groups in total.